The molecule has 2 aromatic rings. The summed E-state index contributed by atoms with van der Waals surface area (Å²) in [5.41, 5.74) is -1.16. The Labute approximate surface area is 157 Å². The number of carbonyl (C=O) groups excluding carboxylic acids is 1. The van der Waals surface area contributed by atoms with Crippen LogP contribution in [0.2, 0.25) is 0 Å². The number of alkyl halides is 3. The molecular formula is C19H15F4NO4. The topological polar surface area (TPSA) is 59.0 Å². The molecule has 1 aliphatic rings. The maximum absolute atomic E-state index is 14.3. The summed E-state index contributed by atoms with van der Waals surface area (Å²) in [6.07, 6.45) is -1.78. The van der Waals surface area contributed by atoms with Crippen LogP contribution in [0.15, 0.2) is 54.8 Å². The third-order valence-electron chi connectivity index (χ3n) is 4.07. The monoisotopic (exact) mass is 397 g/mol. The number of halogens is 4. The van der Waals surface area contributed by atoms with Gasteiger partial charge in [0.05, 0.1) is 23.4 Å². The zero-order valence-electron chi connectivity index (χ0n) is 14.3. The number of anilines is 1. The number of hydrogen-bond acceptors (Lipinski definition) is 4. The molecule has 0 spiro atoms. The van der Waals surface area contributed by atoms with Crippen LogP contribution >= 0.6 is 0 Å². The fraction of sp³-hybridized carbons (Fsp3) is 0.211. The molecule has 148 valence electrons. The number of ether oxygens (including phenoxy) is 2. The van der Waals surface area contributed by atoms with Crippen molar-refractivity contribution in [3.8, 4) is 5.75 Å². The van der Waals surface area contributed by atoms with Crippen molar-refractivity contribution >= 4 is 11.6 Å². The van der Waals surface area contributed by atoms with Gasteiger partial charge in [0.25, 0.3) is 5.91 Å². The van der Waals surface area contributed by atoms with Crippen LogP contribution in [-0.2, 0) is 22.3 Å². The van der Waals surface area contributed by atoms with Gasteiger partial charge >= 0.3 is 6.18 Å². The van der Waals surface area contributed by atoms with E-state index in [1.54, 1.807) is 0 Å². The molecule has 0 saturated heterocycles. The van der Waals surface area contributed by atoms with Crippen molar-refractivity contribution in [2.45, 2.75) is 12.8 Å². The van der Waals surface area contributed by atoms with Crippen LogP contribution in [0.25, 0.3) is 0 Å². The van der Waals surface area contributed by atoms with Crippen molar-refractivity contribution in [2.75, 3.05) is 11.7 Å². The number of carbonyl (C=O) groups is 1. The van der Waals surface area contributed by atoms with Crippen molar-refractivity contribution in [3.63, 3.8) is 0 Å². The molecule has 1 atom stereocenters. The summed E-state index contributed by atoms with van der Waals surface area (Å²) in [5.74, 6) is -2.65. The lowest BCUT2D eigenvalue weighted by molar-refractivity contribution is -0.138. The number of amides is 1. The second kappa shape index (κ2) is 7.89. The highest BCUT2D eigenvalue weighted by Gasteiger charge is 2.33. The first-order valence-electron chi connectivity index (χ1n) is 8.16. The summed E-state index contributed by atoms with van der Waals surface area (Å²) in [6.45, 7) is -0.434. The van der Waals surface area contributed by atoms with Gasteiger partial charge in [-0.25, -0.2) is 4.39 Å². The van der Waals surface area contributed by atoms with Crippen LogP contribution < -0.4 is 9.80 Å². The Balaban J connectivity index is 1.72. The Kier molecular flexibility index (Phi) is 5.55. The van der Waals surface area contributed by atoms with Gasteiger partial charge in [0, 0.05) is 11.6 Å². The smallest absolute Gasteiger partial charge is 0.416 e. The first-order valence-corrected chi connectivity index (χ1v) is 8.16. The van der Waals surface area contributed by atoms with Gasteiger partial charge in [-0.05, 0) is 24.3 Å². The predicted octanol–water partition coefficient (Wildman–Crippen LogP) is 4.31. The highest BCUT2D eigenvalue weighted by Crippen LogP contribution is 2.33. The summed E-state index contributed by atoms with van der Waals surface area (Å²) in [4.78, 5) is 12.1. The van der Waals surface area contributed by atoms with Gasteiger partial charge < -0.3 is 9.47 Å². The van der Waals surface area contributed by atoms with Crippen LogP contribution in [-0.4, -0.2) is 17.7 Å². The fourth-order valence-electron chi connectivity index (χ4n) is 2.62. The molecule has 0 bridgehead atoms. The standard InChI is InChI=1S/C19H15F4NO4/c20-16-9-14(24(26)18(25)13-7-8-27-10-13)5-6-17(16)28-11-12-3-1-2-4-15(12)19(21,22)23/h1-9,13,26H,10-11H2. The molecule has 0 radical (unpaired) electrons. The van der Waals surface area contributed by atoms with Gasteiger partial charge in [-0.2, -0.15) is 18.2 Å². The van der Waals surface area contributed by atoms with Crippen LogP contribution in [0.1, 0.15) is 11.1 Å². The van der Waals surface area contributed by atoms with E-state index in [4.69, 9.17) is 9.47 Å². The Morgan fingerprint density at radius 3 is 2.64 bits per heavy atom. The van der Waals surface area contributed by atoms with E-state index < -0.39 is 36.0 Å². The molecule has 0 fully saturated rings. The largest absolute Gasteiger partial charge is 0.500 e. The molecule has 1 heterocycles. The van der Waals surface area contributed by atoms with Crippen molar-refractivity contribution in [1.29, 1.82) is 0 Å². The average molecular weight is 397 g/mol. The lowest BCUT2D eigenvalue weighted by atomic mass is 10.1. The molecule has 0 aromatic heterocycles. The average Bonchev–Trinajstić information content (AvgIpc) is 3.20. The minimum Gasteiger partial charge on any atom is -0.500 e. The molecule has 28 heavy (non-hydrogen) atoms. The molecule has 1 N–H and O–H groups in total. The van der Waals surface area contributed by atoms with E-state index in [1.165, 1.54) is 36.6 Å². The highest BCUT2D eigenvalue weighted by molar-refractivity contribution is 5.94. The first-order chi connectivity index (χ1) is 13.3. The second-order valence-corrected chi connectivity index (χ2v) is 5.98. The molecule has 2 aromatic carbocycles. The van der Waals surface area contributed by atoms with Gasteiger partial charge in [0.1, 0.15) is 13.2 Å². The zero-order valence-corrected chi connectivity index (χ0v) is 14.3. The van der Waals surface area contributed by atoms with E-state index >= 15 is 0 Å². The summed E-state index contributed by atoms with van der Waals surface area (Å²) < 4.78 is 63.3. The van der Waals surface area contributed by atoms with Gasteiger partial charge in [0.15, 0.2) is 11.6 Å². The van der Waals surface area contributed by atoms with E-state index in [1.807, 2.05) is 0 Å². The third kappa shape index (κ3) is 4.25. The number of hydrogen-bond donors (Lipinski definition) is 1. The number of benzene rings is 2. The minimum atomic E-state index is -4.56. The van der Waals surface area contributed by atoms with E-state index in [9.17, 15) is 27.6 Å². The number of hydroxylamine groups is 1. The zero-order chi connectivity index (χ0) is 20.3. The Morgan fingerprint density at radius 1 is 1.25 bits per heavy atom. The molecule has 0 aliphatic carbocycles. The maximum Gasteiger partial charge on any atom is 0.416 e. The molecule has 1 unspecified atom stereocenters. The molecule has 9 heteroatoms. The molecule has 5 nitrogen and oxygen atoms in total. The fourth-order valence-corrected chi connectivity index (χ4v) is 2.62. The van der Waals surface area contributed by atoms with Crippen LogP contribution in [0.5, 0.6) is 5.75 Å². The van der Waals surface area contributed by atoms with E-state index in [2.05, 4.69) is 0 Å². The van der Waals surface area contributed by atoms with Crippen LogP contribution in [0, 0.1) is 11.7 Å². The number of nitrogens with zero attached hydrogens (tertiary/aromatic N) is 1. The predicted molar refractivity (Wildman–Crippen MR) is 90.0 cm³/mol. The summed E-state index contributed by atoms with van der Waals surface area (Å²) in [5, 5.41) is 10.2. The van der Waals surface area contributed by atoms with Gasteiger partial charge in [-0.3, -0.25) is 10.0 Å². The van der Waals surface area contributed by atoms with Gasteiger partial charge in [-0.15, -0.1) is 0 Å². The first kappa shape index (κ1) is 19.7. The Bertz CT molecular complexity index is 898. The van der Waals surface area contributed by atoms with E-state index in [0.29, 0.717) is 0 Å². The second-order valence-electron chi connectivity index (χ2n) is 5.98. The summed E-state index contributed by atoms with van der Waals surface area (Å²) in [7, 11) is 0. The van der Waals surface area contributed by atoms with Crippen molar-refractivity contribution in [1.82, 2.24) is 0 Å². The Morgan fingerprint density at radius 2 is 2.00 bits per heavy atom. The third-order valence-corrected chi connectivity index (χ3v) is 4.07. The van der Waals surface area contributed by atoms with Gasteiger partial charge in [0.2, 0.25) is 0 Å². The summed E-state index contributed by atoms with van der Waals surface area (Å²) in [6, 6.07) is 8.00. The SMILES string of the molecule is O=C(C1C=COC1)N(O)c1ccc(OCc2ccccc2C(F)(F)F)c(F)c1. The quantitative estimate of drug-likeness (QED) is 0.464. The van der Waals surface area contributed by atoms with Crippen molar-refractivity contribution in [3.05, 3.63) is 71.7 Å². The van der Waals surface area contributed by atoms with E-state index in [0.717, 1.165) is 18.2 Å². The lowest BCUT2D eigenvalue weighted by Crippen LogP contribution is -2.33. The lowest BCUT2D eigenvalue weighted by Gasteiger charge is -2.18. The number of rotatable bonds is 5. The van der Waals surface area contributed by atoms with Crippen molar-refractivity contribution in [2.24, 2.45) is 5.92 Å². The summed E-state index contributed by atoms with van der Waals surface area (Å²) >= 11 is 0. The maximum atomic E-state index is 14.3. The van der Waals surface area contributed by atoms with Crippen molar-refractivity contribution < 1.29 is 37.0 Å². The van der Waals surface area contributed by atoms with Crippen LogP contribution in [0.3, 0.4) is 0 Å². The molecule has 1 amide bonds. The normalized spacial score (nSPS) is 16.0. The van der Waals surface area contributed by atoms with Gasteiger partial charge in [-0.1, -0.05) is 18.2 Å². The van der Waals surface area contributed by atoms with Crippen LogP contribution in [0.4, 0.5) is 23.2 Å². The van der Waals surface area contributed by atoms with E-state index in [-0.39, 0.29) is 28.7 Å². The molecule has 0 saturated carbocycles. The highest BCUT2D eigenvalue weighted by atomic mass is 19.4. The molecule has 3 rings (SSSR count). The Hall–Kier alpha value is -3.07. The molecular weight excluding hydrogens is 382 g/mol. The minimum absolute atomic E-state index is 0.0676. The molecule has 1 aliphatic heterocycles.